The van der Waals surface area contributed by atoms with Gasteiger partial charge in [-0.15, -0.1) is 0 Å². The molecule has 0 spiro atoms. The highest BCUT2D eigenvalue weighted by atomic mass is 16.5. The Morgan fingerprint density at radius 1 is 1.03 bits per heavy atom. The number of fused-ring (bicyclic) bond motifs is 7. The zero-order chi connectivity index (χ0) is 24.5. The van der Waals surface area contributed by atoms with Crippen molar-refractivity contribution in [1.29, 1.82) is 0 Å². The van der Waals surface area contributed by atoms with Gasteiger partial charge < -0.3 is 4.74 Å². The van der Waals surface area contributed by atoms with Gasteiger partial charge in [0.05, 0.1) is 6.04 Å². The molecule has 186 valence electrons. The van der Waals surface area contributed by atoms with Crippen LogP contribution in [0, 0.1) is 45.8 Å². The van der Waals surface area contributed by atoms with E-state index in [1.54, 1.807) is 6.08 Å². The highest BCUT2D eigenvalue weighted by molar-refractivity contribution is 5.95. The van der Waals surface area contributed by atoms with Gasteiger partial charge in [-0.3, -0.25) is 9.59 Å². The molecule has 5 rings (SSSR count). The van der Waals surface area contributed by atoms with Gasteiger partial charge >= 0.3 is 5.97 Å². The molecule has 10 unspecified atom stereocenters. The molecule has 0 aromatic heterocycles. The Balaban J connectivity index is 1.50. The molecule has 0 aromatic carbocycles. The highest BCUT2D eigenvalue weighted by Crippen LogP contribution is 2.69. The molecule has 5 heteroatoms. The summed E-state index contributed by atoms with van der Waals surface area (Å²) in [7, 11) is 0. The molecule has 0 bridgehead atoms. The third-order valence-corrected chi connectivity index (χ3v) is 11.5. The minimum absolute atomic E-state index is 0.0252. The molecule has 0 radical (unpaired) electrons. The van der Waals surface area contributed by atoms with Crippen molar-refractivity contribution >= 4 is 17.8 Å². The molecular weight excluding hydrogens is 426 g/mol. The highest BCUT2D eigenvalue weighted by Gasteiger charge is 2.65. The van der Waals surface area contributed by atoms with Crippen LogP contribution < -0.4 is 0 Å². The number of carbonyl (C=O) groups excluding carboxylic acids is 3. The fourth-order valence-electron chi connectivity index (χ4n) is 9.90. The molecule has 5 aliphatic carbocycles. The van der Waals surface area contributed by atoms with Gasteiger partial charge in [-0.2, -0.15) is 0 Å². The molecule has 4 fully saturated rings. The first-order valence-corrected chi connectivity index (χ1v) is 13.5. The quantitative estimate of drug-likeness (QED) is 0.291. The van der Waals surface area contributed by atoms with Crippen molar-refractivity contribution in [2.45, 2.75) is 105 Å². The lowest BCUT2D eigenvalue weighted by atomic mass is 9.38. The average molecular weight is 468 g/mol. The van der Waals surface area contributed by atoms with Crippen LogP contribution in [0.1, 0.15) is 92.4 Å². The van der Waals surface area contributed by atoms with Crippen molar-refractivity contribution in [2.75, 3.05) is 0 Å². The van der Waals surface area contributed by atoms with E-state index in [0.29, 0.717) is 23.5 Å². The molecule has 0 amide bonds. The first kappa shape index (κ1) is 24.0. The molecule has 0 saturated heterocycles. The summed E-state index contributed by atoms with van der Waals surface area (Å²) in [6.45, 7) is 10.9. The Morgan fingerprint density at radius 2 is 1.74 bits per heavy atom. The van der Waals surface area contributed by atoms with Crippen molar-refractivity contribution < 1.29 is 19.1 Å². The third-order valence-electron chi connectivity index (χ3n) is 11.5. The second kappa shape index (κ2) is 8.15. The predicted molar refractivity (Wildman–Crippen MR) is 130 cm³/mol. The number of rotatable bonds is 2. The Kier molecular flexibility index (Phi) is 5.75. The van der Waals surface area contributed by atoms with Gasteiger partial charge in [-0.05, 0) is 104 Å². The van der Waals surface area contributed by atoms with Gasteiger partial charge in [0.15, 0.2) is 5.78 Å². The molecule has 0 aromatic rings. The minimum Gasteiger partial charge on any atom is -0.462 e. The van der Waals surface area contributed by atoms with Crippen LogP contribution in [0.4, 0.5) is 0 Å². The van der Waals surface area contributed by atoms with Gasteiger partial charge in [-0.25, -0.2) is 9.79 Å². The van der Waals surface area contributed by atoms with E-state index in [4.69, 9.17) is 4.74 Å². The Hall–Kier alpha value is -1.74. The minimum atomic E-state index is -0.197. The molecule has 0 heterocycles. The first-order valence-electron chi connectivity index (χ1n) is 13.5. The summed E-state index contributed by atoms with van der Waals surface area (Å²) < 4.78 is 5.70. The van der Waals surface area contributed by atoms with E-state index in [-0.39, 0.29) is 46.2 Å². The maximum absolute atomic E-state index is 14.1. The fraction of sp³-hybridized carbons (Fsp3) is 0.828. The van der Waals surface area contributed by atoms with Crippen LogP contribution in [-0.4, -0.2) is 30.0 Å². The summed E-state index contributed by atoms with van der Waals surface area (Å²) >= 11 is 0. The Morgan fingerprint density at radius 3 is 2.44 bits per heavy atom. The molecule has 34 heavy (non-hydrogen) atoms. The largest absolute Gasteiger partial charge is 0.462 e. The van der Waals surface area contributed by atoms with Gasteiger partial charge in [0.2, 0.25) is 6.08 Å². The fourth-order valence-corrected chi connectivity index (χ4v) is 9.90. The SMILES string of the molecule is CC(=O)OC1CCC2(C)C(CCC3(C)C4CCC5(C)CCC(N=C=O)CC5C4=CC(=O)C32)C1C. The van der Waals surface area contributed by atoms with Crippen LogP contribution in [0.3, 0.4) is 0 Å². The summed E-state index contributed by atoms with van der Waals surface area (Å²) in [5, 5.41) is 0. The number of esters is 1. The normalized spacial score (nSPS) is 49.9. The lowest BCUT2D eigenvalue weighted by Gasteiger charge is -2.65. The molecule has 5 nitrogen and oxygen atoms in total. The number of hydrogen-bond donors (Lipinski definition) is 0. The molecule has 10 atom stereocenters. The van der Waals surface area contributed by atoms with Gasteiger partial charge in [0, 0.05) is 12.8 Å². The monoisotopic (exact) mass is 467 g/mol. The van der Waals surface area contributed by atoms with Crippen molar-refractivity contribution in [2.24, 2.45) is 50.8 Å². The summed E-state index contributed by atoms with van der Waals surface area (Å²) in [6, 6.07) is 0.0431. The van der Waals surface area contributed by atoms with E-state index in [9.17, 15) is 14.4 Å². The number of nitrogens with zero attached hydrogens (tertiary/aromatic N) is 1. The van der Waals surface area contributed by atoms with Gasteiger partial charge in [0.25, 0.3) is 0 Å². The number of carbonyl (C=O) groups is 2. The summed E-state index contributed by atoms with van der Waals surface area (Å²) in [6.07, 6.45) is 13.0. The summed E-state index contributed by atoms with van der Waals surface area (Å²) in [4.78, 5) is 40.8. The lowest BCUT2D eigenvalue weighted by Crippen LogP contribution is -2.62. The first-order chi connectivity index (χ1) is 16.0. The Bertz CT molecular complexity index is 965. The molecule has 5 aliphatic rings. The van der Waals surface area contributed by atoms with Gasteiger partial charge in [0.1, 0.15) is 6.10 Å². The van der Waals surface area contributed by atoms with Crippen molar-refractivity contribution in [3.8, 4) is 0 Å². The third kappa shape index (κ3) is 3.40. The topological polar surface area (TPSA) is 72.8 Å². The summed E-state index contributed by atoms with van der Waals surface area (Å²) in [5.74, 6) is 1.61. The van der Waals surface area contributed by atoms with Crippen LogP contribution in [0.15, 0.2) is 16.6 Å². The van der Waals surface area contributed by atoms with Crippen LogP contribution in [0.2, 0.25) is 0 Å². The van der Waals surface area contributed by atoms with E-state index in [0.717, 1.165) is 51.4 Å². The van der Waals surface area contributed by atoms with Crippen LogP contribution in [0.5, 0.6) is 0 Å². The predicted octanol–water partition coefficient (Wildman–Crippen LogP) is 5.82. The summed E-state index contributed by atoms with van der Waals surface area (Å²) in [5.41, 5.74) is 1.49. The van der Waals surface area contributed by atoms with Crippen LogP contribution in [0.25, 0.3) is 0 Å². The Labute approximate surface area is 204 Å². The van der Waals surface area contributed by atoms with Crippen molar-refractivity contribution in [1.82, 2.24) is 0 Å². The second-order valence-corrected chi connectivity index (χ2v) is 13.1. The molecular formula is C29H41NO4. The van der Waals surface area contributed by atoms with E-state index >= 15 is 0 Å². The molecule has 0 aliphatic heterocycles. The zero-order valence-corrected chi connectivity index (χ0v) is 21.6. The average Bonchev–Trinajstić information content (AvgIpc) is 2.76. The number of hydrogen-bond acceptors (Lipinski definition) is 5. The number of isocyanates is 1. The van der Waals surface area contributed by atoms with Crippen LogP contribution in [-0.2, 0) is 19.1 Å². The second-order valence-electron chi connectivity index (χ2n) is 13.1. The van der Waals surface area contributed by atoms with Crippen LogP contribution >= 0.6 is 0 Å². The standard InChI is InChI=1S/C29H41NO4/c1-17-21-8-12-29(5)22-7-11-27(3)10-6-19(30-16-31)14-23(27)20(22)15-24(33)26(29)28(21,4)13-9-25(17)34-18(2)32/h15,17,19,21-23,25-26H,6-14H2,1-5H3. The van der Waals surface area contributed by atoms with E-state index in [1.165, 1.54) is 18.9 Å². The zero-order valence-electron chi connectivity index (χ0n) is 21.6. The molecule has 4 saturated carbocycles. The van der Waals surface area contributed by atoms with Gasteiger partial charge in [-0.1, -0.05) is 33.3 Å². The van der Waals surface area contributed by atoms with E-state index in [2.05, 4.69) is 38.8 Å². The maximum atomic E-state index is 14.1. The van der Waals surface area contributed by atoms with E-state index in [1.807, 2.05) is 0 Å². The molecule has 0 N–H and O–H groups in total. The maximum Gasteiger partial charge on any atom is 0.302 e. The number of allylic oxidation sites excluding steroid dienone is 2. The lowest BCUT2D eigenvalue weighted by molar-refractivity contribution is -0.180. The smallest absolute Gasteiger partial charge is 0.302 e. The van der Waals surface area contributed by atoms with Crippen molar-refractivity contribution in [3.63, 3.8) is 0 Å². The van der Waals surface area contributed by atoms with Crippen molar-refractivity contribution in [3.05, 3.63) is 11.6 Å². The number of aliphatic imine (C=N–C) groups is 1. The number of ether oxygens (including phenoxy) is 1. The number of ketones is 1. The van der Waals surface area contributed by atoms with E-state index < -0.39 is 0 Å².